The number of anilines is 1. The van der Waals surface area contributed by atoms with Crippen LogP contribution in [0.4, 0.5) is 5.82 Å². The molecule has 1 fully saturated rings. The summed E-state index contributed by atoms with van der Waals surface area (Å²) in [5.74, 6) is 0.325. The number of fused-ring (bicyclic) bond motifs is 1. The fourth-order valence-corrected chi connectivity index (χ4v) is 5.40. The lowest BCUT2D eigenvalue weighted by Gasteiger charge is -2.40. The summed E-state index contributed by atoms with van der Waals surface area (Å²) in [6.45, 7) is -0.133. The van der Waals surface area contributed by atoms with Gasteiger partial charge < -0.3 is 15.6 Å². The van der Waals surface area contributed by atoms with Crippen LogP contribution >= 0.6 is 0 Å². The number of benzene rings is 3. The van der Waals surface area contributed by atoms with E-state index >= 15 is 0 Å². The van der Waals surface area contributed by atoms with Gasteiger partial charge in [0.15, 0.2) is 11.5 Å². The van der Waals surface area contributed by atoms with Gasteiger partial charge in [-0.2, -0.15) is 0 Å². The number of imidazole rings is 1. The van der Waals surface area contributed by atoms with Crippen LogP contribution in [0.15, 0.2) is 104 Å². The molecular weight excluding hydrogens is 464 g/mol. The summed E-state index contributed by atoms with van der Waals surface area (Å²) in [4.78, 5) is 12.8. The zero-order chi connectivity index (χ0) is 25.2. The average Bonchev–Trinajstić information content (AvgIpc) is 3.58. The Hall–Kier alpha value is -4.11. The number of nitrogens with one attached hydrogen (secondary N) is 1. The number of aromatic nitrogens is 4. The number of nitrogens with zero attached hydrogens (tertiary/aromatic N) is 4. The molecule has 1 aliphatic heterocycles. The Kier molecular flexibility index (Phi) is 6.13. The molecule has 0 bridgehead atoms. The number of ether oxygens (including phenoxy) is 1. The molecule has 4 N–H and O–H groups in total. The molecule has 0 saturated carbocycles. The zero-order valence-corrected chi connectivity index (χ0v) is 20.2. The minimum absolute atomic E-state index is 0.133. The van der Waals surface area contributed by atoms with E-state index in [4.69, 9.17) is 10.5 Å². The van der Waals surface area contributed by atoms with Crippen molar-refractivity contribution in [3.63, 3.8) is 0 Å². The standard InChI is InChI=1S/C29H28N6O2/c30-27-26-28(32-18-31-27)35(19-33-26)25-16-23(24(17-36)37-25)34-29(20-10-4-1-5-11-20,21-12-6-2-7-13-21)22-14-8-3-9-15-22/h1-15,18-19,23-25,34,36H,16-17H2,(H2,30,31,32)/t23-,24-,25-/m1/s1. The van der Waals surface area contributed by atoms with Crippen LogP contribution in [0.3, 0.4) is 0 Å². The van der Waals surface area contributed by atoms with E-state index in [1.54, 1.807) is 6.33 Å². The van der Waals surface area contributed by atoms with Gasteiger partial charge in [-0.05, 0) is 16.7 Å². The second-order valence-electron chi connectivity index (χ2n) is 9.23. The first-order valence-electron chi connectivity index (χ1n) is 12.3. The summed E-state index contributed by atoms with van der Waals surface area (Å²) in [5, 5.41) is 14.3. The van der Waals surface area contributed by atoms with Crippen LogP contribution in [0, 0.1) is 0 Å². The molecule has 3 aromatic carbocycles. The lowest BCUT2D eigenvalue weighted by Crippen LogP contribution is -2.53. The SMILES string of the molecule is Nc1ncnc2c1ncn2[C@H]1C[C@@H](NC(c2ccccc2)(c2ccccc2)c2ccccc2)[C@@H](CO)O1. The van der Waals surface area contributed by atoms with Gasteiger partial charge in [0.05, 0.1) is 24.6 Å². The molecule has 37 heavy (non-hydrogen) atoms. The lowest BCUT2D eigenvalue weighted by molar-refractivity contribution is -0.0264. The third kappa shape index (κ3) is 4.05. The zero-order valence-electron chi connectivity index (χ0n) is 20.2. The highest BCUT2D eigenvalue weighted by atomic mass is 16.5. The number of nitrogens with two attached hydrogens (primary N) is 1. The number of aliphatic hydroxyl groups excluding tert-OH is 1. The van der Waals surface area contributed by atoms with E-state index in [1.807, 2.05) is 22.8 Å². The first-order valence-corrected chi connectivity index (χ1v) is 12.3. The maximum atomic E-state index is 10.4. The maximum absolute atomic E-state index is 10.4. The topological polar surface area (TPSA) is 111 Å². The van der Waals surface area contributed by atoms with E-state index in [0.29, 0.717) is 23.4 Å². The van der Waals surface area contributed by atoms with Crippen molar-refractivity contribution in [2.45, 2.75) is 30.3 Å². The van der Waals surface area contributed by atoms with Crippen LogP contribution in [-0.4, -0.2) is 43.4 Å². The smallest absolute Gasteiger partial charge is 0.167 e. The predicted octanol–water partition coefficient (Wildman–Crippen LogP) is 3.64. The molecular formula is C29H28N6O2. The van der Waals surface area contributed by atoms with Crippen molar-refractivity contribution in [1.82, 2.24) is 24.8 Å². The highest BCUT2D eigenvalue weighted by molar-refractivity contribution is 5.81. The van der Waals surface area contributed by atoms with Gasteiger partial charge in [0.25, 0.3) is 0 Å². The van der Waals surface area contributed by atoms with Crippen LogP contribution in [-0.2, 0) is 10.3 Å². The molecule has 8 nitrogen and oxygen atoms in total. The van der Waals surface area contributed by atoms with Crippen molar-refractivity contribution in [3.05, 3.63) is 120 Å². The minimum Gasteiger partial charge on any atom is -0.394 e. The largest absolute Gasteiger partial charge is 0.394 e. The Morgan fingerprint density at radius 3 is 1.97 bits per heavy atom. The van der Waals surface area contributed by atoms with Gasteiger partial charge in [-0.1, -0.05) is 91.0 Å². The monoisotopic (exact) mass is 492 g/mol. The summed E-state index contributed by atoms with van der Waals surface area (Å²) in [7, 11) is 0. The van der Waals surface area contributed by atoms with Crippen molar-refractivity contribution < 1.29 is 9.84 Å². The third-order valence-electron chi connectivity index (χ3n) is 7.14. The predicted molar refractivity (Wildman–Crippen MR) is 141 cm³/mol. The van der Waals surface area contributed by atoms with Gasteiger partial charge in [-0.15, -0.1) is 0 Å². The van der Waals surface area contributed by atoms with E-state index in [1.165, 1.54) is 6.33 Å². The molecule has 1 saturated heterocycles. The summed E-state index contributed by atoms with van der Waals surface area (Å²) < 4.78 is 8.25. The highest BCUT2D eigenvalue weighted by Gasteiger charge is 2.44. The Morgan fingerprint density at radius 2 is 1.43 bits per heavy atom. The first-order chi connectivity index (χ1) is 18.2. The second kappa shape index (κ2) is 9.74. The molecule has 2 aromatic heterocycles. The summed E-state index contributed by atoms with van der Waals surface area (Å²) >= 11 is 0. The van der Waals surface area contributed by atoms with E-state index in [0.717, 1.165) is 16.7 Å². The van der Waals surface area contributed by atoms with Crippen molar-refractivity contribution in [2.24, 2.45) is 0 Å². The van der Waals surface area contributed by atoms with Gasteiger partial charge in [-0.25, -0.2) is 15.0 Å². The first kappa shape index (κ1) is 23.3. The molecule has 186 valence electrons. The molecule has 3 heterocycles. The van der Waals surface area contributed by atoms with E-state index in [2.05, 4.69) is 93.1 Å². The van der Waals surface area contributed by atoms with Crippen LogP contribution in [0.2, 0.25) is 0 Å². The molecule has 1 aliphatic rings. The number of rotatable bonds is 7. The Morgan fingerprint density at radius 1 is 0.865 bits per heavy atom. The number of aliphatic hydroxyl groups is 1. The van der Waals surface area contributed by atoms with Crippen LogP contribution in [0.25, 0.3) is 11.2 Å². The van der Waals surface area contributed by atoms with E-state index < -0.39 is 11.6 Å². The summed E-state index contributed by atoms with van der Waals surface area (Å²) in [6.07, 6.45) is 2.87. The summed E-state index contributed by atoms with van der Waals surface area (Å²) in [6, 6.07) is 31.0. The number of nitrogen functional groups attached to an aromatic ring is 1. The molecule has 0 amide bonds. The fourth-order valence-electron chi connectivity index (χ4n) is 5.40. The van der Waals surface area contributed by atoms with Gasteiger partial charge in [0, 0.05) is 12.5 Å². The Balaban J connectivity index is 1.45. The van der Waals surface area contributed by atoms with E-state index in [-0.39, 0.29) is 18.9 Å². The normalized spacial score (nSPS) is 19.9. The van der Waals surface area contributed by atoms with Gasteiger partial charge in [-0.3, -0.25) is 9.88 Å². The van der Waals surface area contributed by atoms with Crippen molar-refractivity contribution >= 4 is 17.0 Å². The van der Waals surface area contributed by atoms with Gasteiger partial charge >= 0.3 is 0 Å². The summed E-state index contributed by atoms with van der Waals surface area (Å²) in [5.41, 5.74) is 9.77. The van der Waals surface area contributed by atoms with Gasteiger partial charge in [0.1, 0.15) is 18.1 Å². The maximum Gasteiger partial charge on any atom is 0.167 e. The molecule has 3 atom stereocenters. The van der Waals surface area contributed by atoms with Crippen LogP contribution < -0.4 is 11.1 Å². The van der Waals surface area contributed by atoms with Crippen molar-refractivity contribution in [1.29, 1.82) is 0 Å². The fraction of sp³-hybridized carbons (Fsp3) is 0.207. The third-order valence-corrected chi connectivity index (χ3v) is 7.14. The molecule has 0 radical (unpaired) electrons. The van der Waals surface area contributed by atoms with Crippen LogP contribution in [0.1, 0.15) is 29.3 Å². The highest BCUT2D eigenvalue weighted by Crippen LogP contribution is 2.40. The second-order valence-corrected chi connectivity index (χ2v) is 9.23. The van der Waals surface area contributed by atoms with Crippen molar-refractivity contribution in [3.8, 4) is 0 Å². The molecule has 5 aromatic rings. The lowest BCUT2D eigenvalue weighted by atomic mass is 9.76. The Bertz CT molecular complexity index is 1380. The number of hydrogen-bond donors (Lipinski definition) is 3. The quantitative estimate of drug-likeness (QED) is 0.298. The minimum atomic E-state index is -0.677. The average molecular weight is 493 g/mol. The molecule has 0 aliphatic carbocycles. The molecule has 6 rings (SSSR count). The molecule has 0 unspecified atom stereocenters. The Labute approximate surface area is 214 Å². The van der Waals surface area contributed by atoms with Crippen molar-refractivity contribution in [2.75, 3.05) is 12.3 Å². The molecule has 0 spiro atoms. The van der Waals surface area contributed by atoms with Gasteiger partial charge in [0.2, 0.25) is 0 Å². The van der Waals surface area contributed by atoms with Crippen LogP contribution in [0.5, 0.6) is 0 Å². The van der Waals surface area contributed by atoms with E-state index in [9.17, 15) is 5.11 Å². The number of hydrogen-bond acceptors (Lipinski definition) is 7. The molecule has 8 heteroatoms.